The average Bonchev–Trinajstić information content (AvgIpc) is 2.93. The van der Waals surface area contributed by atoms with Crippen LogP contribution in [-0.4, -0.2) is 38.8 Å². The number of nitrogens with two attached hydrogens (primary N) is 1. The van der Waals surface area contributed by atoms with E-state index in [0.29, 0.717) is 6.54 Å². The Morgan fingerprint density at radius 3 is 2.47 bits per heavy atom. The normalized spacial score (nSPS) is 17.5. The van der Waals surface area contributed by atoms with E-state index in [1.807, 2.05) is 6.07 Å². The Kier molecular flexibility index (Phi) is 5.07. The highest BCUT2D eigenvalue weighted by Crippen LogP contribution is 2.40. The first-order chi connectivity index (χ1) is 9.21. The van der Waals surface area contributed by atoms with Crippen molar-refractivity contribution in [3.05, 3.63) is 22.2 Å². The Morgan fingerprint density at radius 1 is 1.26 bits per heavy atom. The van der Waals surface area contributed by atoms with E-state index in [-0.39, 0.29) is 6.04 Å². The molecule has 0 saturated carbocycles. The van der Waals surface area contributed by atoms with Gasteiger partial charge in [-0.05, 0) is 38.1 Å². The summed E-state index contributed by atoms with van der Waals surface area (Å²) in [5, 5.41) is 0. The van der Waals surface area contributed by atoms with Gasteiger partial charge in [0.25, 0.3) is 0 Å². The maximum absolute atomic E-state index is 6.00. The summed E-state index contributed by atoms with van der Waals surface area (Å²) in [7, 11) is 3.33. The molecule has 1 aliphatic heterocycles. The zero-order valence-corrected chi connectivity index (χ0v) is 13.1. The van der Waals surface area contributed by atoms with E-state index in [9.17, 15) is 0 Å². The molecule has 0 aliphatic carbocycles. The van der Waals surface area contributed by atoms with Gasteiger partial charge in [0, 0.05) is 16.6 Å². The van der Waals surface area contributed by atoms with Crippen LogP contribution in [-0.2, 0) is 0 Å². The smallest absolute Gasteiger partial charge is 0.165 e. The summed E-state index contributed by atoms with van der Waals surface area (Å²) >= 11 is 3.53. The molecule has 1 aromatic rings. The Bertz CT molecular complexity index is 434. The van der Waals surface area contributed by atoms with Crippen molar-refractivity contribution in [2.45, 2.75) is 18.9 Å². The Hall–Kier alpha value is -0.780. The number of halogens is 1. The van der Waals surface area contributed by atoms with Gasteiger partial charge in [0.05, 0.1) is 20.3 Å². The van der Waals surface area contributed by atoms with Crippen molar-refractivity contribution in [3.63, 3.8) is 0 Å². The van der Waals surface area contributed by atoms with Crippen LogP contribution in [0, 0.1) is 0 Å². The highest BCUT2D eigenvalue weighted by molar-refractivity contribution is 9.10. The van der Waals surface area contributed by atoms with Crippen LogP contribution in [0.3, 0.4) is 0 Å². The van der Waals surface area contributed by atoms with Crippen molar-refractivity contribution in [1.29, 1.82) is 0 Å². The molecule has 5 heteroatoms. The number of nitrogens with zero attached hydrogens (tertiary/aromatic N) is 1. The van der Waals surface area contributed by atoms with Crippen LogP contribution in [0.25, 0.3) is 0 Å². The summed E-state index contributed by atoms with van der Waals surface area (Å²) in [4.78, 5) is 2.42. The molecule has 1 unspecified atom stereocenters. The largest absolute Gasteiger partial charge is 0.493 e. The van der Waals surface area contributed by atoms with E-state index >= 15 is 0 Å². The zero-order valence-electron chi connectivity index (χ0n) is 11.5. The highest BCUT2D eigenvalue weighted by atomic mass is 79.9. The molecular formula is C14H21BrN2O2. The highest BCUT2D eigenvalue weighted by Gasteiger charge is 2.26. The van der Waals surface area contributed by atoms with Crippen molar-refractivity contribution in [2.24, 2.45) is 5.73 Å². The average molecular weight is 329 g/mol. The topological polar surface area (TPSA) is 47.7 Å². The van der Waals surface area contributed by atoms with E-state index in [2.05, 4.69) is 26.9 Å². The predicted molar refractivity (Wildman–Crippen MR) is 79.8 cm³/mol. The van der Waals surface area contributed by atoms with Gasteiger partial charge >= 0.3 is 0 Å². The summed E-state index contributed by atoms with van der Waals surface area (Å²) in [6.07, 6.45) is 2.48. The number of likely N-dealkylation sites (tertiary alicyclic amines) is 1. The van der Waals surface area contributed by atoms with E-state index in [1.165, 1.54) is 12.8 Å². The minimum absolute atomic E-state index is 0.184. The minimum atomic E-state index is 0.184. The second kappa shape index (κ2) is 6.59. The van der Waals surface area contributed by atoms with Gasteiger partial charge in [0.2, 0.25) is 0 Å². The third-order valence-corrected chi connectivity index (χ3v) is 4.09. The molecule has 1 aliphatic rings. The van der Waals surface area contributed by atoms with Crippen LogP contribution >= 0.6 is 15.9 Å². The zero-order chi connectivity index (χ0) is 13.8. The second-order valence-electron chi connectivity index (χ2n) is 4.73. The lowest BCUT2D eigenvalue weighted by Gasteiger charge is -2.28. The van der Waals surface area contributed by atoms with Crippen LogP contribution in [0.1, 0.15) is 24.4 Å². The van der Waals surface area contributed by atoms with E-state index in [0.717, 1.165) is 34.6 Å². The van der Waals surface area contributed by atoms with Crippen LogP contribution in [0.2, 0.25) is 0 Å². The minimum Gasteiger partial charge on any atom is -0.493 e. The fraction of sp³-hybridized carbons (Fsp3) is 0.571. The SMILES string of the molecule is COc1cc(Br)cc(C(CN)N2CCCC2)c1OC. The molecule has 1 fully saturated rings. The van der Waals surface area contributed by atoms with Gasteiger partial charge in [-0.1, -0.05) is 15.9 Å². The van der Waals surface area contributed by atoms with Crippen LogP contribution in [0.4, 0.5) is 0 Å². The standard InChI is InChI=1S/C14H21BrN2O2/c1-18-13-8-10(15)7-11(14(13)19-2)12(9-16)17-5-3-4-6-17/h7-8,12H,3-6,9,16H2,1-2H3. The lowest BCUT2D eigenvalue weighted by molar-refractivity contribution is 0.242. The van der Waals surface area contributed by atoms with Crippen LogP contribution in [0.15, 0.2) is 16.6 Å². The molecule has 1 saturated heterocycles. The summed E-state index contributed by atoms with van der Waals surface area (Å²) in [6, 6.07) is 4.18. The summed E-state index contributed by atoms with van der Waals surface area (Å²) < 4.78 is 11.9. The van der Waals surface area contributed by atoms with Gasteiger partial charge in [0.15, 0.2) is 11.5 Å². The number of ether oxygens (including phenoxy) is 2. The molecule has 19 heavy (non-hydrogen) atoms. The molecule has 0 radical (unpaired) electrons. The number of rotatable bonds is 5. The Morgan fingerprint density at radius 2 is 1.95 bits per heavy atom. The lowest BCUT2D eigenvalue weighted by Crippen LogP contribution is -2.31. The third kappa shape index (κ3) is 3.04. The molecule has 1 atom stereocenters. The van der Waals surface area contributed by atoms with Gasteiger partial charge in [-0.15, -0.1) is 0 Å². The third-order valence-electron chi connectivity index (χ3n) is 3.64. The maximum Gasteiger partial charge on any atom is 0.165 e. The molecule has 106 valence electrons. The number of hydrogen-bond acceptors (Lipinski definition) is 4. The Labute approximate surface area is 123 Å². The predicted octanol–water partition coefficient (Wildman–Crippen LogP) is 2.56. The van der Waals surface area contributed by atoms with Crippen molar-refractivity contribution in [3.8, 4) is 11.5 Å². The van der Waals surface area contributed by atoms with Crippen molar-refractivity contribution >= 4 is 15.9 Å². The quantitative estimate of drug-likeness (QED) is 0.902. The summed E-state index contributed by atoms with van der Waals surface area (Å²) in [5.74, 6) is 1.53. The molecular weight excluding hydrogens is 308 g/mol. The molecule has 0 bridgehead atoms. The maximum atomic E-state index is 6.00. The molecule has 2 rings (SSSR count). The van der Waals surface area contributed by atoms with Crippen molar-refractivity contribution in [2.75, 3.05) is 33.9 Å². The van der Waals surface area contributed by atoms with Gasteiger partial charge in [-0.2, -0.15) is 0 Å². The first-order valence-electron chi connectivity index (χ1n) is 6.56. The first kappa shape index (κ1) is 14.6. The fourth-order valence-corrected chi connectivity index (χ4v) is 3.19. The Balaban J connectivity index is 2.42. The number of benzene rings is 1. The summed E-state index contributed by atoms with van der Waals surface area (Å²) in [5.41, 5.74) is 7.09. The van der Waals surface area contributed by atoms with E-state index in [4.69, 9.17) is 15.2 Å². The first-order valence-corrected chi connectivity index (χ1v) is 7.36. The molecule has 1 heterocycles. The van der Waals surface area contributed by atoms with E-state index in [1.54, 1.807) is 14.2 Å². The van der Waals surface area contributed by atoms with Gasteiger partial charge in [0.1, 0.15) is 0 Å². The number of hydrogen-bond donors (Lipinski definition) is 1. The molecule has 1 aromatic carbocycles. The van der Waals surface area contributed by atoms with Gasteiger partial charge < -0.3 is 15.2 Å². The van der Waals surface area contributed by atoms with E-state index < -0.39 is 0 Å². The van der Waals surface area contributed by atoms with Crippen LogP contribution < -0.4 is 15.2 Å². The fourth-order valence-electron chi connectivity index (χ4n) is 2.73. The molecule has 0 aromatic heterocycles. The molecule has 4 nitrogen and oxygen atoms in total. The molecule has 0 spiro atoms. The van der Waals surface area contributed by atoms with Gasteiger partial charge in [-0.25, -0.2) is 0 Å². The van der Waals surface area contributed by atoms with Gasteiger partial charge in [-0.3, -0.25) is 4.90 Å². The number of methoxy groups -OCH3 is 2. The molecule has 2 N–H and O–H groups in total. The lowest BCUT2D eigenvalue weighted by atomic mass is 10.0. The molecule has 0 amide bonds. The summed E-state index contributed by atoms with van der Waals surface area (Å²) in [6.45, 7) is 2.77. The van der Waals surface area contributed by atoms with Crippen molar-refractivity contribution < 1.29 is 9.47 Å². The van der Waals surface area contributed by atoms with Crippen LogP contribution in [0.5, 0.6) is 11.5 Å². The van der Waals surface area contributed by atoms with Crippen molar-refractivity contribution in [1.82, 2.24) is 4.90 Å². The second-order valence-corrected chi connectivity index (χ2v) is 5.64. The monoisotopic (exact) mass is 328 g/mol.